The van der Waals surface area contributed by atoms with Gasteiger partial charge in [0.2, 0.25) is 0 Å². The van der Waals surface area contributed by atoms with E-state index in [1.54, 1.807) is 35.3 Å². The number of carbonyl (C=O) groups excluding carboxylic acids is 1. The molecule has 1 heterocycles. The molecule has 3 rings (SSSR count). The van der Waals surface area contributed by atoms with Gasteiger partial charge in [0, 0.05) is 17.8 Å². The highest BCUT2D eigenvalue weighted by atomic mass is 19.2. The van der Waals surface area contributed by atoms with E-state index in [1.165, 1.54) is 19.3 Å². The Morgan fingerprint density at radius 1 is 1.18 bits per heavy atom. The van der Waals surface area contributed by atoms with Crippen LogP contribution in [-0.2, 0) is 11.3 Å². The van der Waals surface area contributed by atoms with Crippen LogP contribution in [0, 0.1) is 11.6 Å². The minimum absolute atomic E-state index is 0.0618. The fourth-order valence-corrected chi connectivity index (χ4v) is 2.32. The maximum absolute atomic E-state index is 13.2. The molecule has 0 fully saturated rings. The van der Waals surface area contributed by atoms with Crippen molar-refractivity contribution in [2.24, 2.45) is 0 Å². The van der Waals surface area contributed by atoms with Crippen molar-refractivity contribution in [3.63, 3.8) is 0 Å². The smallest absolute Gasteiger partial charge is 0.265 e. The second-order valence-corrected chi connectivity index (χ2v) is 5.86. The Bertz CT molecular complexity index is 935. The zero-order valence-electron chi connectivity index (χ0n) is 15.0. The first kappa shape index (κ1) is 19.3. The summed E-state index contributed by atoms with van der Waals surface area (Å²) in [6, 6.07) is 9.96. The van der Waals surface area contributed by atoms with E-state index in [1.807, 2.05) is 0 Å². The van der Waals surface area contributed by atoms with Gasteiger partial charge in [-0.15, -0.1) is 0 Å². The second-order valence-electron chi connectivity index (χ2n) is 5.86. The van der Waals surface area contributed by atoms with Crippen LogP contribution in [0.15, 0.2) is 55.1 Å². The Balaban J connectivity index is 1.53. The number of anilines is 1. The van der Waals surface area contributed by atoms with E-state index in [-0.39, 0.29) is 5.75 Å². The SMILES string of the molecule is CC(Oc1ccc(F)c(F)c1)C(=O)Nc1cccc(OCCn2cncn2)c1. The van der Waals surface area contributed by atoms with E-state index in [0.29, 0.717) is 24.6 Å². The monoisotopic (exact) mass is 388 g/mol. The minimum Gasteiger partial charge on any atom is -0.492 e. The number of ether oxygens (including phenoxy) is 2. The summed E-state index contributed by atoms with van der Waals surface area (Å²) < 4.78 is 38.8. The number of amides is 1. The predicted octanol–water partition coefficient (Wildman–Crippen LogP) is 3.04. The lowest BCUT2D eigenvalue weighted by Crippen LogP contribution is -2.30. The normalized spacial score (nSPS) is 11.7. The molecule has 0 saturated carbocycles. The lowest BCUT2D eigenvalue weighted by atomic mass is 10.2. The number of hydrogen-bond acceptors (Lipinski definition) is 5. The molecule has 0 aliphatic rings. The first-order valence-electron chi connectivity index (χ1n) is 8.49. The van der Waals surface area contributed by atoms with Crippen LogP contribution in [0.5, 0.6) is 11.5 Å². The number of carbonyl (C=O) groups is 1. The van der Waals surface area contributed by atoms with Crippen LogP contribution in [0.2, 0.25) is 0 Å². The lowest BCUT2D eigenvalue weighted by molar-refractivity contribution is -0.122. The summed E-state index contributed by atoms with van der Waals surface area (Å²) >= 11 is 0. The van der Waals surface area contributed by atoms with Crippen LogP contribution in [0.25, 0.3) is 0 Å². The molecule has 1 aromatic heterocycles. The second kappa shape index (κ2) is 8.94. The molecule has 0 aliphatic carbocycles. The summed E-state index contributed by atoms with van der Waals surface area (Å²) in [5.74, 6) is -1.82. The zero-order chi connectivity index (χ0) is 19.9. The van der Waals surface area contributed by atoms with E-state index < -0.39 is 23.6 Å². The highest BCUT2D eigenvalue weighted by Crippen LogP contribution is 2.19. The molecule has 2 aromatic carbocycles. The topological polar surface area (TPSA) is 78.3 Å². The number of hydrogen-bond donors (Lipinski definition) is 1. The van der Waals surface area contributed by atoms with Gasteiger partial charge < -0.3 is 14.8 Å². The highest BCUT2D eigenvalue weighted by Gasteiger charge is 2.16. The van der Waals surface area contributed by atoms with Crippen molar-refractivity contribution in [3.05, 3.63) is 66.8 Å². The van der Waals surface area contributed by atoms with Crippen molar-refractivity contribution in [2.45, 2.75) is 19.6 Å². The summed E-state index contributed by atoms with van der Waals surface area (Å²) in [6.07, 6.45) is 2.12. The molecule has 1 amide bonds. The molecule has 3 aromatic rings. The first-order valence-corrected chi connectivity index (χ1v) is 8.49. The molecular weight excluding hydrogens is 370 g/mol. The third kappa shape index (κ3) is 5.26. The molecular formula is C19H18F2N4O3. The van der Waals surface area contributed by atoms with Crippen molar-refractivity contribution in [1.82, 2.24) is 14.8 Å². The molecule has 1 atom stereocenters. The first-order chi connectivity index (χ1) is 13.5. The summed E-state index contributed by atoms with van der Waals surface area (Å²) in [7, 11) is 0. The molecule has 7 nitrogen and oxygen atoms in total. The molecule has 0 aliphatic heterocycles. The van der Waals surface area contributed by atoms with Gasteiger partial charge in [0.05, 0.1) is 6.54 Å². The maximum atomic E-state index is 13.2. The van der Waals surface area contributed by atoms with E-state index in [2.05, 4.69) is 15.4 Å². The zero-order valence-corrected chi connectivity index (χ0v) is 15.0. The van der Waals surface area contributed by atoms with E-state index in [0.717, 1.165) is 12.1 Å². The average molecular weight is 388 g/mol. The minimum atomic E-state index is -1.04. The molecule has 0 bridgehead atoms. The van der Waals surface area contributed by atoms with Crippen LogP contribution in [0.4, 0.5) is 14.5 Å². The van der Waals surface area contributed by atoms with Gasteiger partial charge in [-0.2, -0.15) is 5.10 Å². The van der Waals surface area contributed by atoms with Gasteiger partial charge >= 0.3 is 0 Å². The summed E-state index contributed by atoms with van der Waals surface area (Å²) in [5.41, 5.74) is 0.518. The number of nitrogens with one attached hydrogen (secondary N) is 1. The standard InChI is InChI=1S/C19H18F2N4O3/c1-13(28-16-5-6-17(20)18(21)10-16)19(26)24-14-3-2-4-15(9-14)27-8-7-25-12-22-11-23-25/h2-6,9-13H,7-8H2,1H3,(H,24,26). The molecule has 9 heteroatoms. The number of rotatable bonds is 8. The largest absolute Gasteiger partial charge is 0.492 e. The average Bonchev–Trinajstić information content (AvgIpc) is 3.18. The Hall–Kier alpha value is -3.49. The Labute approximate surface area is 159 Å². The van der Waals surface area contributed by atoms with Crippen LogP contribution in [0.1, 0.15) is 6.92 Å². The third-order valence-corrected chi connectivity index (χ3v) is 3.73. The fraction of sp³-hybridized carbons (Fsp3) is 0.211. The number of benzene rings is 2. The summed E-state index contributed by atoms with van der Waals surface area (Å²) in [4.78, 5) is 16.1. The molecule has 1 N–H and O–H groups in total. The van der Waals surface area contributed by atoms with Crippen molar-refractivity contribution in [3.8, 4) is 11.5 Å². The van der Waals surface area contributed by atoms with Crippen molar-refractivity contribution in [2.75, 3.05) is 11.9 Å². The van der Waals surface area contributed by atoms with Gasteiger partial charge in [-0.1, -0.05) is 6.07 Å². The third-order valence-electron chi connectivity index (χ3n) is 3.73. The summed E-state index contributed by atoms with van der Waals surface area (Å²) in [5, 5.41) is 6.67. The highest BCUT2D eigenvalue weighted by molar-refractivity contribution is 5.94. The fourth-order valence-electron chi connectivity index (χ4n) is 2.32. The van der Waals surface area contributed by atoms with E-state index in [9.17, 15) is 13.6 Å². The van der Waals surface area contributed by atoms with Crippen molar-refractivity contribution in [1.29, 1.82) is 0 Å². The number of nitrogens with zero attached hydrogens (tertiary/aromatic N) is 3. The van der Waals surface area contributed by atoms with Crippen LogP contribution >= 0.6 is 0 Å². The van der Waals surface area contributed by atoms with Gasteiger partial charge in [0.15, 0.2) is 17.7 Å². The Kier molecular flexibility index (Phi) is 6.15. The molecule has 1 unspecified atom stereocenters. The van der Waals surface area contributed by atoms with Crippen molar-refractivity contribution < 1.29 is 23.0 Å². The van der Waals surface area contributed by atoms with Gasteiger partial charge in [0.1, 0.15) is 30.8 Å². The van der Waals surface area contributed by atoms with E-state index in [4.69, 9.17) is 9.47 Å². The maximum Gasteiger partial charge on any atom is 0.265 e. The molecule has 0 radical (unpaired) electrons. The quantitative estimate of drug-likeness (QED) is 0.642. The molecule has 0 saturated heterocycles. The summed E-state index contributed by atoms with van der Waals surface area (Å²) in [6.45, 7) is 2.43. The molecule has 146 valence electrons. The van der Waals surface area contributed by atoms with Gasteiger partial charge in [0.25, 0.3) is 5.91 Å². The Morgan fingerprint density at radius 3 is 2.79 bits per heavy atom. The van der Waals surface area contributed by atoms with Gasteiger partial charge in [-0.3, -0.25) is 4.79 Å². The Morgan fingerprint density at radius 2 is 2.04 bits per heavy atom. The molecule has 28 heavy (non-hydrogen) atoms. The van der Waals surface area contributed by atoms with Crippen LogP contribution < -0.4 is 14.8 Å². The van der Waals surface area contributed by atoms with Gasteiger partial charge in [-0.25, -0.2) is 18.4 Å². The lowest BCUT2D eigenvalue weighted by Gasteiger charge is -2.15. The van der Waals surface area contributed by atoms with Crippen molar-refractivity contribution >= 4 is 11.6 Å². The van der Waals surface area contributed by atoms with Gasteiger partial charge in [-0.05, 0) is 31.2 Å². The predicted molar refractivity (Wildman–Crippen MR) is 97.0 cm³/mol. The number of aromatic nitrogens is 3. The number of halogens is 2. The van der Waals surface area contributed by atoms with Crippen LogP contribution in [-0.4, -0.2) is 33.4 Å². The molecule has 0 spiro atoms. The van der Waals surface area contributed by atoms with Crippen LogP contribution in [0.3, 0.4) is 0 Å². The van der Waals surface area contributed by atoms with E-state index >= 15 is 0 Å².